The van der Waals surface area contributed by atoms with Crippen molar-refractivity contribution in [1.82, 2.24) is 20.2 Å². The molecule has 0 saturated heterocycles. The highest BCUT2D eigenvalue weighted by atomic mass is 32.2. The Morgan fingerprint density at radius 3 is 2.71 bits per heavy atom. The molecule has 0 aliphatic rings. The zero-order chi connectivity index (χ0) is 12.1. The van der Waals surface area contributed by atoms with Gasteiger partial charge in [0.15, 0.2) is 0 Å². The van der Waals surface area contributed by atoms with Crippen LogP contribution in [0.5, 0.6) is 5.75 Å². The van der Waals surface area contributed by atoms with Crippen LogP contribution in [0.25, 0.3) is 5.69 Å². The number of aromatic nitrogens is 4. The van der Waals surface area contributed by atoms with Gasteiger partial charge in [-0.25, -0.2) is 0 Å². The van der Waals surface area contributed by atoms with Crippen molar-refractivity contribution < 1.29 is 5.11 Å². The molecule has 1 aromatic heterocycles. The Balaban J connectivity index is 2.15. The molecule has 1 heterocycles. The summed E-state index contributed by atoms with van der Waals surface area (Å²) in [6, 6.07) is 6.80. The molecule has 1 N–H and O–H groups in total. The summed E-state index contributed by atoms with van der Waals surface area (Å²) in [6.07, 6.45) is 2.07. The molecule has 1 aromatic carbocycles. The first-order valence-electron chi connectivity index (χ1n) is 5.01. The van der Waals surface area contributed by atoms with Gasteiger partial charge in [-0.1, -0.05) is 11.8 Å². The molecule has 0 saturated carbocycles. The van der Waals surface area contributed by atoms with E-state index in [1.807, 2.05) is 0 Å². The van der Waals surface area contributed by atoms with Crippen LogP contribution in [0.4, 0.5) is 0 Å². The van der Waals surface area contributed by atoms with Gasteiger partial charge in [0.2, 0.25) is 5.16 Å². The lowest BCUT2D eigenvalue weighted by atomic mass is 10.3. The average molecular weight is 268 g/mol. The molecule has 2 aromatic rings. The third kappa shape index (κ3) is 3.13. The number of aromatic hydroxyl groups is 1. The number of tetrazole rings is 1. The highest BCUT2D eigenvalue weighted by Crippen LogP contribution is 2.20. The van der Waals surface area contributed by atoms with Gasteiger partial charge in [0, 0.05) is 11.5 Å². The molecule has 0 amide bonds. The highest BCUT2D eigenvalue weighted by molar-refractivity contribution is 8.02. The predicted octanol–water partition coefficient (Wildman–Crippen LogP) is 1.82. The zero-order valence-electron chi connectivity index (χ0n) is 9.28. The van der Waals surface area contributed by atoms with Crippen LogP contribution >= 0.6 is 23.5 Å². The topological polar surface area (TPSA) is 63.8 Å². The maximum absolute atomic E-state index is 9.23. The second-order valence-corrected chi connectivity index (χ2v) is 5.28. The number of phenolic OH excluding ortho intramolecular Hbond substituents is 1. The van der Waals surface area contributed by atoms with E-state index in [-0.39, 0.29) is 5.75 Å². The summed E-state index contributed by atoms with van der Waals surface area (Å²) in [5.41, 5.74) is 0.847. The fourth-order valence-corrected chi connectivity index (χ4v) is 2.78. The fraction of sp³-hybridized carbons (Fsp3) is 0.300. The Bertz CT molecular complexity index is 471. The van der Waals surface area contributed by atoms with Gasteiger partial charge in [0.1, 0.15) is 5.75 Å². The minimum Gasteiger partial charge on any atom is -0.508 e. The standard InChI is InChI=1S/C10H12N4OS2/c1-16-6-7-17-10-11-12-13-14(10)8-2-4-9(15)5-3-8/h2-5,15H,6-7H2,1H3. The monoisotopic (exact) mass is 268 g/mol. The normalized spacial score (nSPS) is 10.6. The molecule has 0 unspecified atom stereocenters. The lowest BCUT2D eigenvalue weighted by Gasteiger charge is -2.03. The second-order valence-electron chi connectivity index (χ2n) is 3.23. The van der Waals surface area contributed by atoms with Crippen molar-refractivity contribution in [3.8, 4) is 11.4 Å². The van der Waals surface area contributed by atoms with Crippen LogP contribution < -0.4 is 0 Å². The fourth-order valence-electron chi connectivity index (χ4n) is 1.24. The van der Waals surface area contributed by atoms with Crippen LogP contribution in [-0.2, 0) is 0 Å². The minimum absolute atomic E-state index is 0.235. The molecular formula is C10H12N4OS2. The van der Waals surface area contributed by atoms with Crippen LogP contribution in [-0.4, -0.2) is 43.1 Å². The molecule has 2 rings (SSSR count). The Morgan fingerprint density at radius 2 is 2.00 bits per heavy atom. The van der Waals surface area contributed by atoms with E-state index in [9.17, 15) is 5.11 Å². The number of hydrogen-bond acceptors (Lipinski definition) is 6. The molecule has 0 fully saturated rings. The molecule has 17 heavy (non-hydrogen) atoms. The Hall–Kier alpha value is -1.21. The van der Waals surface area contributed by atoms with Gasteiger partial charge in [-0.3, -0.25) is 0 Å². The summed E-state index contributed by atoms with van der Waals surface area (Å²) < 4.78 is 1.67. The van der Waals surface area contributed by atoms with Crippen molar-refractivity contribution in [2.24, 2.45) is 0 Å². The van der Waals surface area contributed by atoms with E-state index in [1.54, 1.807) is 52.5 Å². The van der Waals surface area contributed by atoms with Gasteiger partial charge in [0.05, 0.1) is 5.69 Å². The molecule has 0 atom stereocenters. The summed E-state index contributed by atoms with van der Waals surface area (Å²) >= 11 is 3.42. The van der Waals surface area contributed by atoms with E-state index < -0.39 is 0 Å². The van der Waals surface area contributed by atoms with Gasteiger partial charge >= 0.3 is 0 Å². The van der Waals surface area contributed by atoms with Crippen molar-refractivity contribution in [3.63, 3.8) is 0 Å². The Kier molecular flexibility index (Phi) is 4.27. The largest absolute Gasteiger partial charge is 0.508 e. The number of benzene rings is 1. The van der Waals surface area contributed by atoms with Crippen molar-refractivity contribution in [2.45, 2.75) is 5.16 Å². The van der Waals surface area contributed by atoms with Crippen LogP contribution in [0.2, 0.25) is 0 Å². The number of rotatable bonds is 5. The van der Waals surface area contributed by atoms with E-state index in [1.165, 1.54) is 0 Å². The van der Waals surface area contributed by atoms with E-state index in [0.29, 0.717) is 0 Å². The van der Waals surface area contributed by atoms with Gasteiger partial charge in [-0.15, -0.1) is 5.10 Å². The third-order valence-electron chi connectivity index (χ3n) is 2.05. The third-order valence-corrected chi connectivity index (χ3v) is 3.85. The predicted molar refractivity (Wildman–Crippen MR) is 69.9 cm³/mol. The van der Waals surface area contributed by atoms with Crippen LogP contribution in [0.15, 0.2) is 29.4 Å². The lowest BCUT2D eigenvalue weighted by molar-refractivity contribution is 0.475. The number of hydrogen-bond donors (Lipinski definition) is 1. The quantitative estimate of drug-likeness (QED) is 0.659. The van der Waals surface area contributed by atoms with Gasteiger partial charge in [-0.05, 0) is 40.9 Å². The van der Waals surface area contributed by atoms with Crippen molar-refractivity contribution in [1.29, 1.82) is 0 Å². The molecule has 7 heteroatoms. The summed E-state index contributed by atoms with van der Waals surface area (Å²) in [7, 11) is 0. The van der Waals surface area contributed by atoms with Crippen LogP contribution in [0, 0.1) is 0 Å². The summed E-state index contributed by atoms with van der Waals surface area (Å²) in [5, 5.41) is 21.6. The molecule has 0 bridgehead atoms. The van der Waals surface area contributed by atoms with Crippen molar-refractivity contribution >= 4 is 23.5 Å². The highest BCUT2D eigenvalue weighted by Gasteiger charge is 2.08. The maximum Gasteiger partial charge on any atom is 0.214 e. The van der Waals surface area contributed by atoms with Gasteiger partial charge in [-0.2, -0.15) is 16.4 Å². The Morgan fingerprint density at radius 1 is 1.24 bits per heavy atom. The lowest BCUT2D eigenvalue weighted by Crippen LogP contribution is -1.99. The van der Waals surface area contributed by atoms with Crippen molar-refractivity contribution in [2.75, 3.05) is 17.8 Å². The number of thioether (sulfide) groups is 2. The van der Waals surface area contributed by atoms with Crippen LogP contribution in [0.3, 0.4) is 0 Å². The SMILES string of the molecule is CSCCSc1nnnn1-c1ccc(O)cc1. The molecule has 0 radical (unpaired) electrons. The minimum atomic E-state index is 0.235. The molecular weight excluding hydrogens is 256 g/mol. The Labute approximate surface area is 108 Å². The van der Waals surface area contributed by atoms with E-state index in [4.69, 9.17) is 0 Å². The second kappa shape index (κ2) is 5.92. The molecule has 0 aliphatic heterocycles. The number of phenols is 1. The van der Waals surface area contributed by atoms with E-state index in [0.717, 1.165) is 22.3 Å². The van der Waals surface area contributed by atoms with E-state index >= 15 is 0 Å². The van der Waals surface area contributed by atoms with Crippen molar-refractivity contribution in [3.05, 3.63) is 24.3 Å². The molecule has 0 aliphatic carbocycles. The molecule has 0 spiro atoms. The first-order chi connectivity index (χ1) is 8.31. The smallest absolute Gasteiger partial charge is 0.214 e. The molecule has 5 nitrogen and oxygen atoms in total. The van der Waals surface area contributed by atoms with Gasteiger partial charge < -0.3 is 5.11 Å². The van der Waals surface area contributed by atoms with Crippen LogP contribution in [0.1, 0.15) is 0 Å². The summed E-state index contributed by atoms with van der Waals surface area (Å²) in [4.78, 5) is 0. The molecule has 90 valence electrons. The summed E-state index contributed by atoms with van der Waals surface area (Å²) in [6.45, 7) is 0. The van der Waals surface area contributed by atoms with E-state index in [2.05, 4.69) is 21.8 Å². The summed E-state index contributed by atoms with van der Waals surface area (Å²) in [5.74, 6) is 2.27. The zero-order valence-corrected chi connectivity index (χ0v) is 10.9. The maximum atomic E-state index is 9.23. The first-order valence-corrected chi connectivity index (χ1v) is 7.38. The first kappa shape index (κ1) is 12.3. The average Bonchev–Trinajstić information content (AvgIpc) is 2.79. The van der Waals surface area contributed by atoms with Gasteiger partial charge in [0.25, 0.3) is 0 Å². The number of nitrogens with zero attached hydrogens (tertiary/aromatic N) is 4.